The molecule has 0 atom stereocenters. The molecule has 1 saturated carbocycles. The minimum absolute atomic E-state index is 0.0504. The zero-order chi connectivity index (χ0) is 16.2. The summed E-state index contributed by atoms with van der Waals surface area (Å²) in [6.45, 7) is 4.45. The third-order valence-electron chi connectivity index (χ3n) is 4.12. The van der Waals surface area contributed by atoms with Crippen LogP contribution in [0.4, 0.5) is 4.79 Å². The molecule has 2 amide bonds. The molecule has 2 N–H and O–H groups in total. The number of nitrogens with zero attached hydrogens (tertiary/aromatic N) is 2. The number of fused-ring (bicyclic) bond motifs is 1. The van der Waals surface area contributed by atoms with E-state index in [-0.39, 0.29) is 6.03 Å². The number of aromatic amines is 1. The molecule has 1 fully saturated rings. The molecule has 0 radical (unpaired) electrons. The number of imidazole rings is 1. The lowest BCUT2D eigenvalue weighted by Crippen LogP contribution is -2.42. The van der Waals surface area contributed by atoms with E-state index >= 15 is 0 Å². The van der Waals surface area contributed by atoms with E-state index < -0.39 is 0 Å². The molecule has 1 aliphatic carbocycles. The van der Waals surface area contributed by atoms with Crippen LogP contribution in [0, 0.1) is 12.8 Å². The Morgan fingerprint density at radius 1 is 1.48 bits per heavy atom. The highest BCUT2D eigenvalue weighted by Crippen LogP contribution is 2.29. The van der Waals surface area contributed by atoms with E-state index in [1.54, 1.807) is 7.11 Å². The molecule has 1 aromatic heterocycles. The summed E-state index contributed by atoms with van der Waals surface area (Å²) in [5.74, 6) is 1.43. The van der Waals surface area contributed by atoms with Crippen molar-refractivity contribution in [2.24, 2.45) is 5.92 Å². The van der Waals surface area contributed by atoms with Gasteiger partial charge in [0, 0.05) is 20.2 Å². The number of aryl methyl sites for hydroxylation is 1. The predicted octanol–water partition coefficient (Wildman–Crippen LogP) is 2.44. The van der Waals surface area contributed by atoms with E-state index in [2.05, 4.69) is 21.4 Å². The van der Waals surface area contributed by atoms with Crippen molar-refractivity contribution in [1.29, 1.82) is 0 Å². The summed E-state index contributed by atoms with van der Waals surface area (Å²) in [7, 11) is 1.66. The highest BCUT2D eigenvalue weighted by Gasteiger charge is 2.26. The summed E-state index contributed by atoms with van der Waals surface area (Å²) >= 11 is 0. The lowest BCUT2D eigenvalue weighted by molar-refractivity contribution is 0.146. The Labute approximate surface area is 136 Å². The monoisotopic (exact) mass is 316 g/mol. The van der Waals surface area contributed by atoms with Crippen molar-refractivity contribution in [3.05, 3.63) is 29.6 Å². The number of carbonyl (C=O) groups excluding carboxylic acids is 1. The van der Waals surface area contributed by atoms with Gasteiger partial charge in [0.25, 0.3) is 0 Å². The van der Waals surface area contributed by atoms with Crippen LogP contribution in [0.1, 0.15) is 24.2 Å². The van der Waals surface area contributed by atoms with E-state index in [1.165, 1.54) is 18.4 Å². The molecule has 1 aliphatic rings. The summed E-state index contributed by atoms with van der Waals surface area (Å²) < 4.78 is 5.10. The van der Waals surface area contributed by atoms with E-state index in [4.69, 9.17) is 4.74 Å². The van der Waals surface area contributed by atoms with Gasteiger partial charge < -0.3 is 19.9 Å². The standard InChI is InChI=1S/C17H24N4O2/c1-12-3-6-14-15(9-12)20-16(19-14)10-18-17(22)21(7-8-23-2)11-13-4-5-13/h3,6,9,13H,4-5,7-8,10-11H2,1-2H3,(H,18,22)(H,19,20). The smallest absolute Gasteiger partial charge is 0.317 e. The molecule has 0 bridgehead atoms. The molecule has 23 heavy (non-hydrogen) atoms. The number of amides is 2. The van der Waals surface area contributed by atoms with Crippen molar-refractivity contribution < 1.29 is 9.53 Å². The minimum Gasteiger partial charge on any atom is -0.383 e. The molecule has 6 nitrogen and oxygen atoms in total. The van der Waals surface area contributed by atoms with E-state index in [1.807, 2.05) is 24.0 Å². The van der Waals surface area contributed by atoms with Gasteiger partial charge in [0.2, 0.25) is 0 Å². The molecule has 0 unspecified atom stereocenters. The predicted molar refractivity (Wildman–Crippen MR) is 89.2 cm³/mol. The fourth-order valence-electron chi connectivity index (χ4n) is 2.62. The molecule has 3 rings (SSSR count). The van der Waals surface area contributed by atoms with Crippen LogP contribution in [0.5, 0.6) is 0 Å². The maximum atomic E-state index is 12.4. The molecule has 6 heteroatoms. The first kappa shape index (κ1) is 15.8. The fraction of sp³-hybridized carbons (Fsp3) is 0.529. The quantitative estimate of drug-likeness (QED) is 0.824. The summed E-state index contributed by atoms with van der Waals surface area (Å²) in [5.41, 5.74) is 3.12. The highest BCUT2D eigenvalue weighted by atomic mass is 16.5. The van der Waals surface area contributed by atoms with Crippen LogP contribution in [0.3, 0.4) is 0 Å². The summed E-state index contributed by atoms with van der Waals surface area (Å²) in [6, 6.07) is 6.04. The lowest BCUT2D eigenvalue weighted by Gasteiger charge is -2.22. The van der Waals surface area contributed by atoms with E-state index in [0.29, 0.717) is 25.6 Å². The zero-order valence-corrected chi connectivity index (χ0v) is 13.8. The van der Waals surface area contributed by atoms with Gasteiger partial charge in [-0.25, -0.2) is 9.78 Å². The van der Waals surface area contributed by atoms with E-state index in [0.717, 1.165) is 23.4 Å². The second-order valence-electron chi connectivity index (χ2n) is 6.24. The molecule has 1 heterocycles. The number of rotatable bonds is 7. The second kappa shape index (κ2) is 7.00. The Morgan fingerprint density at radius 2 is 2.30 bits per heavy atom. The first-order valence-electron chi connectivity index (χ1n) is 8.12. The SMILES string of the molecule is COCCN(CC1CC1)C(=O)NCc1nc2ccc(C)cc2[nH]1. The average molecular weight is 316 g/mol. The normalized spacial score (nSPS) is 14.2. The number of hydrogen-bond donors (Lipinski definition) is 2. The van der Waals surface area contributed by atoms with Gasteiger partial charge in [0.1, 0.15) is 5.82 Å². The number of H-pyrrole nitrogens is 1. The Balaban J connectivity index is 1.58. The summed E-state index contributed by atoms with van der Waals surface area (Å²) in [4.78, 5) is 22.0. The zero-order valence-electron chi connectivity index (χ0n) is 13.8. The second-order valence-corrected chi connectivity index (χ2v) is 6.24. The maximum Gasteiger partial charge on any atom is 0.317 e. The van der Waals surface area contributed by atoms with Crippen molar-refractivity contribution >= 4 is 17.1 Å². The number of hydrogen-bond acceptors (Lipinski definition) is 3. The van der Waals surface area contributed by atoms with Gasteiger partial charge in [-0.05, 0) is 43.4 Å². The number of benzene rings is 1. The van der Waals surface area contributed by atoms with Crippen LogP contribution in [0.25, 0.3) is 11.0 Å². The van der Waals surface area contributed by atoms with Gasteiger partial charge in [-0.2, -0.15) is 0 Å². The fourth-order valence-corrected chi connectivity index (χ4v) is 2.62. The van der Waals surface area contributed by atoms with Crippen molar-refractivity contribution in [2.75, 3.05) is 26.8 Å². The Bertz CT molecular complexity index is 678. The van der Waals surface area contributed by atoms with Crippen LogP contribution in [-0.2, 0) is 11.3 Å². The molecule has 0 saturated heterocycles. The van der Waals surface area contributed by atoms with Gasteiger partial charge in [-0.3, -0.25) is 0 Å². The highest BCUT2D eigenvalue weighted by molar-refractivity contribution is 5.76. The van der Waals surface area contributed by atoms with Crippen molar-refractivity contribution in [3.63, 3.8) is 0 Å². The van der Waals surface area contributed by atoms with Crippen LogP contribution < -0.4 is 5.32 Å². The Kier molecular flexibility index (Phi) is 4.81. The van der Waals surface area contributed by atoms with Gasteiger partial charge in [0.05, 0.1) is 24.2 Å². The topological polar surface area (TPSA) is 70.2 Å². The summed E-state index contributed by atoms with van der Waals surface area (Å²) in [5, 5.41) is 2.95. The maximum absolute atomic E-state index is 12.4. The molecule has 2 aromatic rings. The third-order valence-corrected chi connectivity index (χ3v) is 4.12. The molecule has 1 aromatic carbocycles. The van der Waals surface area contributed by atoms with Crippen LogP contribution in [-0.4, -0.2) is 47.7 Å². The largest absolute Gasteiger partial charge is 0.383 e. The number of methoxy groups -OCH3 is 1. The number of nitrogens with one attached hydrogen (secondary N) is 2. The van der Waals surface area contributed by atoms with Crippen LogP contribution >= 0.6 is 0 Å². The van der Waals surface area contributed by atoms with E-state index in [9.17, 15) is 4.79 Å². The van der Waals surface area contributed by atoms with Gasteiger partial charge in [0.15, 0.2) is 0 Å². The van der Waals surface area contributed by atoms with Gasteiger partial charge in [-0.1, -0.05) is 6.07 Å². The van der Waals surface area contributed by atoms with Crippen LogP contribution in [0.2, 0.25) is 0 Å². The molecule has 124 valence electrons. The lowest BCUT2D eigenvalue weighted by atomic mass is 10.2. The number of ether oxygens (including phenoxy) is 1. The molecular weight excluding hydrogens is 292 g/mol. The third kappa shape index (κ3) is 4.22. The summed E-state index contributed by atoms with van der Waals surface area (Å²) in [6.07, 6.45) is 2.44. The number of carbonyl (C=O) groups is 1. The Morgan fingerprint density at radius 3 is 3.04 bits per heavy atom. The minimum atomic E-state index is -0.0504. The molecule has 0 spiro atoms. The number of urea groups is 1. The average Bonchev–Trinajstić information content (AvgIpc) is 3.26. The molecular formula is C17H24N4O2. The first-order valence-corrected chi connectivity index (χ1v) is 8.12. The van der Waals surface area contributed by atoms with Crippen LogP contribution in [0.15, 0.2) is 18.2 Å². The van der Waals surface area contributed by atoms with Crippen molar-refractivity contribution in [2.45, 2.75) is 26.3 Å². The number of aromatic nitrogens is 2. The van der Waals surface area contributed by atoms with Crippen molar-refractivity contribution in [3.8, 4) is 0 Å². The van der Waals surface area contributed by atoms with Gasteiger partial charge in [-0.15, -0.1) is 0 Å². The molecule has 0 aliphatic heterocycles. The van der Waals surface area contributed by atoms with Crippen molar-refractivity contribution in [1.82, 2.24) is 20.2 Å². The van der Waals surface area contributed by atoms with Gasteiger partial charge >= 0.3 is 6.03 Å². The first-order chi connectivity index (χ1) is 11.2. The Hall–Kier alpha value is -2.08.